The summed E-state index contributed by atoms with van der Waals surface area (Å²) in [6.07, 6.45) is 1.14. The van der Waals surface area contributed by atoms with Gasteiger partial charge in [-0.3, -0.25) is 0 Å². The maximum absolute atomic E-state index is 8.11. The zero-order valence-corrected chi connectivity index (χ0v) is 8.01. The molecule has 0 saturated carbocycles. The zero-order valence-electron chi connectivity index (χ0n) is 8.01. The van der Waals surface area contributed by atoms with E-state index < -0.39 is 6.10 Å². The van der Waals surface area contributed by atoms with E-state index >= 15 is 0 Å². The van der Waals surface area contributed by atoms with Crippen molar-refractivity contribution in [3.63, 3.8) is 0 Å². The molecule has 0 aliphatic rings. The maximum Gasteiger partial charge on any atom is 0.0931 e. The molecule has 1 aromatic carbocycles. The molecule has 1 aromatic heterocycles. The minimum absolute atomic E-state index is 0.139. The number of benzene rings is 1. The minimum atomic E-state index is -0.560. The molecule has 1 atom stereocenters. The van der Waals surface area contributed by atoms with Gasteiger partial charge in [0.1, 0.15) is 0 Å². The van der Waals surface area contributed by atoms with E-state index in [1.54, 1.807) is 6.33 Å². The predicted octanol–water partition coefficient (Wildman–Crippen LogP) is 0.922. The predicted molar refractivity (Wildman–Crippen MR) is 54.9 cm³/mol. The van der Waals surface area contributed by atoms with Crippen molar-refractivity contribution in [3.8, 4) is 0 Å². The monoisotopic (exact) mass is 194 g/mol. The van der Waals surface area contributed by atoms with Crippen LogP contribution in [0.5, 0.6) is 0 Å². The summed E-state index contributed by atoms with van der Waals surface area (Å²) < 4.78 is 0. The van der Waals surface area contributed by atoms with Crippen LogP contribution in [-0.4, -0.2) is 32.9 Å². The largest absolute Gasteiger partial charge is 0.394 e. The molecule has 0 radical (unpaired) electrons. The third-order valence-corrected chi connectivity index (χ3v) is 1.59. The van der Waals surface area contributed by atoms with E-state index in [0.29, 0.717) is 0 Å². The second-order valence-electron chi connectivity index (χ2n) is 2.95. The van der Waals surface area contributed by atoms with Crippen molar-refractivity contribution in [1.82, 2.24) is 9.97 Å². The third-order valence-electron chi connectivity index (χ3n) is 1.59. The fraction of sp³-hybridized carbons (Fsp3) is 0.300. The van der Waals surface area contributed by atoms with Gasteiger partial charge in [0.15, 0.2) is 0 Å². The van der Waals surface area contributed by atoms with Crippen molar-refractivity contribution in [2.75, 3.05) is 6.61 Å². The van der Waals surface area contributed by atoms with Gasteiger partial charge < -0.3 is 15.2 Å². The molecule has 0 amide bonds. The van der Waals surface area contributed by atoms with Crippen LogP contribution in [0.4, 0.5) is 0 Å². The van der Waals surface area contributed by atoms with Crippen LogP contribution >= 0.6 is 0 Å². The first-order chi connectivity index (χ1) is 6.74. The summed E-state index contributed by atoms with van der Waals surface area (Å²) in [5.41, 5.74) is 2.12. The summed E-state index contributed by atoms with van der Waals surface area (Å²) >= 11 is 0. The average Bonchev–Trinajstić information content (AvgIpc) is 2.66. The van der Waals surface area contributed by atoms with Crippen molar-refractivity contribution in [3.05, 3.63) is 30.6 Å². The van der Waals surface area contributed by atoms with Gasteiger partial charge in [0.25, 0.3) is 0 Å². The van der Waals surface area contributed by atoms with Crippen molar-refractivity contribution in [2.45, 2.75) is 13.0 Å². The molecule has 2 aromatic rings. The Labute approximate surface area is 82.2 Å². The summed E-state index contributed by atoms with van der Waals surface area (Å²) in [6, 6.07) is 7.94. The molecule has 14 heavy (non-hydrogen) atoms. The molecule has 3 N–H and O–H groups in total. The summed E-state index contributed by atoms with van der Waals surface area (Å²) in [5.74, 6) is 0. The van der Waals surface area contributed by atoms with Gasteiger partial charge >= 0.3 is 0 Å². The quantitative estimate of drug-likeness (QED) is 0.632. The number of hydrogen-bond donors (Lipinski definition) is 3. The Kier molecular flexibility index (Phi) is 4.10. The van der Waals surface area contributed by atoms with E-state index in [-0.39, 0.29) is 6.61 Å². The van der Waals surface area contributed by atoms with E-state index in [9.17, 15) is 0 Å². The van der Waals surface area contributed by atoms with Crippen molar-refractivity contribution in [2.24, 2.45) is 0 Å². The molecule has 4 nitrogen and oxygen atoms in total. The van der Waals surface area contributed by atoms with Crippen molar-refractivity contribution < 1.29 is 10.2 Å². The highest BCUT2D eigenvalue weighted by molar-refractivity contribution is 5.73. The third kappa shape index (κ3) is 3.16. The number of rotatable bonds is 1. The Morgan fingerprint density at radius 1 is 1.43 bits per heavy atom. The Hall–Kier alpha value is -1.39. The molecule has 0 aliphatic carbocycles. The highest BCUT2D eigenvalue weighted by Crippen LogP contribution is 2.05. The molecule has 1 unspecified atom stereocenters. The lowest BCUT2D eigenvalue weighted by atomic mass is 10.3. The first-order valence-corrected chi connectivity index (χ1v) is 4.41. The number of aliphatic hydroxyl groups is 2. The molecule has 0 aliphatic heterocycles. The number of imidazole rings is 1. The summed E-state index contributed by atoms with van der Waals surface area (Å²) in [6.45, 7) is 1.39. The van der Waals surface area contributed by atoms with E-state index in [1.165, 1.54) is 6.92 Å². The second kappa shape index (κ2) is 5.36. The van der Waals surface area contributed by atoms with Gasteiger partial charge in [0.2, 0.25) is 0 Å². The molecule has 0 saturated heterocycles. The molecule has 0 fully saturated rings. The fourth-order valence-corrected chi connectivity index (χ4v) is 0.880. The number of hydrogen-bond acceptors (Lipinski definition) is 3. The van der Waals surface area contributed by atoms with Gasteiger partial charge in [-0.15, -0.1) is 0 Å². The Balaban J connectivity index is 0.000000171. The van der Waals surface area contributed by atoms with Gasteiger partial charge in [-0.1, -0.05) is 12.1 Å². The van der Waals surface area contributed by atoms with Crippen LogP contribution in [0.25, 0.3) is 11.0 Å². The number of fused-ring (bicyclic) bond motifs is 1. The molecule has 0 bridgehead atoms. The highest BCUT2D eigenvalue weighted by atomic mass is 16.3. The number of aromatic amines is 1. The average molecular weight is 194 g/mol. The van der Waals surface area contributed by atoms with Crippen LogP contribution in [0.3, 0.4) is 0 Å². The Morgan fingerprint density at radius 2 is 2.07 bits per heavy atom. The Bertz CT molecular complexity index is 341. The summed E-state index contributed by atoms with van der Waals surface area (Å²) in [4.78, 5) is 7.07. The molecular formula is C10H14N2O2. The zero-order chi connectivity index (χ0) is 10.4. The maximum atomic E-state index is 8.11. The topological polar surface area (TPSA) is 69.1 Å². The van der Waals surface area contributed by atoms with Crippen molar-refractivity contribution in [1.29, 1.82) is 0 Å². The van der Waals surface area contributed by atoms with Gasteiger partial charge in [0.05, 0.1) is 30.1 Å². The summed E-state index contributed by atoms with van der Waals surface area (Å²) in [7, 11) is 0. The van der Waals surface area contributed by atoms with E-state index in [4.69, 9.17) is 10.2 Å². The van der Waals surface area contributed by atoms with Crippen molar-refractivity contribution >= 4 is 11.0 Å². The van der Waals surface area contributed by atoms with Gasteiger partial charge in [-0.25, -0.2) is 4.98 Å². The number of aliphatic hydroxyl groups excluding tert-OH is 2. The first kappa shape index (κ1) is 10.7. The van der Waals surface area contributed by atoms with Gasteiger partial charge in [-0.2, -0.15) is 0 Å². The van der Waals surface area contributed by atoms with Crippen LogP contribution in [0, 0.1) is 0 Å². The molecule has 4 heteroatoms. The van der Waals surface area contributed by atoms with E-state index in [2.05, 4.69) is 9.97 Å². The highest BCUT2D eigenvalue weighted by Gasteiger charge is 1.88. The number of para-hydroxylation sites is 2. The fourth-order valence-electron chi connectivity index (χ4n) is 0.880. The Morgan fingerprint density at radius 3 is 2.64 bits per heavy atom. The molecule has 1 heterocycles. The van der Waals surface area contributed by atoms with Crippen LogP contribution in [0.1, 0.15) is 6.92 Å². The normalized spacial score (nSPS) is 11.9. The van der Waals surface area contributed by atoms with Crippen LogP contribution in [0.15, 0.2) is 30.6 Å². The first-order valence-electron chi connectivity index (χ1n) is 4.41. The smallest absolute Gasteiger partial charge is 0.0931 e. The SMILES string of the molecule is CC(O)CO.c1ccc2[nH]cnc2c1. The van der Waals surface area contributed by atoms with Gasteiger partial charge in [-0.05, 0) is 19.1 Å². The standard InChI is InChI=1S/C7H6N2.C3H8O2/c1-2-4-7-6(3-1)8-5-9-7;1-3(5)2-4/h1-5H,(H,8,9);3-5H,2H2,1H3. The molecule has 76 valence electrons. The van der Waals surface area contributed by atoms with Crippen LogP contribution in [0.2, 0.25) is 0 Å². The lowest BCUT2D eigenvalue weighted by Crippen LogP contribution is -2.03. The van der Waals surface area contributed by atoms with E-state index in [1.807, 2.05) is 24.3 Å². The number of nitrogens with one attached hydrogen (secondary N) is 1. The molecule has 2 rings (SSSR count). The van der Waals surface area contributed by atoms with Gasteiger partial charge in [0, 0.05) is 0 Å². The van der Waals surface area contributed by atoms with E-state index in [0.717, 1.165) is 11.0 Å². The second-order valence-corrected chi connectivity index (χ2v) is 2.95. The number of aromatic nitrogens is 2. The summed E-state index contributed by atoms with van der Waals surface area (Å²) in [5, 5.41) is 16.0. The lowest BCUT2D eigenvalue weighted by Gasteiger charge is -1.90. The lowest BCUT2D eigenvalue weighted by molar-refractivity contribution is 0.110. The van der Waals surface area contributed by atoms with Crippen LogP contribution < -0.4 is 0 Å². The molecule has 0 spiro atoms. The number of nitrogens with zero attached hydrogens (tertiary/aromatic N) is 1. The number of H-pyrrole nitrogens is 1. The van der Waals surface area contributed by atoms with Crippen LogP contribution in [-0.2, 0) is 0 Å². The minimum Gasteiger partial charge on any atom is -0.394 e. The molecular weight excluding hydrogens is 180 g/mol.